The van der Waals surface area contributed by atoms with Gasteiger partial charge in [0.05, 0.1) is 12.9 Å². The highest BCUT2D eigenvalue weighted by Crippen LogP contribution is 2.33. The smallest absolute Gasteiger partial charge is 0.0887 e. The van der Waals surface area contributed by atoms with E-state index in [9.17, 15) is 0 Å². The van der Waals surface area contributed by atoms with E-state index in [2.05, 4.69) is 11.5 Å². The van der Waals surface area contributed by atoms with Gasteiger partial charge in [0.1, 0.15) is 0 Å². The molecule has 0 aliphatic carbocycles. The van der Waals surface area contributed by atoms with Crippen molar-refractivity contribution >= 4 is 11.8 Å². The Bertz CT molecular complexity index is 172. The Hall–Kier alpha value is -0.370. The van der Waals surface area contributed by atoms with Crippen LogP contribution in [-0.2, 0) is 4.74 Å². The van der Waals surface area contributed by atoms with Crippen LogP contribution < -0.4 is 0 Å². The molecule has 1 unspecified atom stereocenters. The fraction of sp³-hybridized carbons (Fsp3) is 0.429. The first-order chi connectivity index (χ1) is 4.47. The topological polar surface area (TPSA) is 9.23 Å². The van der Waals surface area contributed by atoms with Crippen LogP contribution >= 0.6 is 11.8 Å². The van der Waals surface area contributed by atoms with Gasteiger partial charge >= 0.3 is 0 Å². The second kappa shape index (κ2) is 2.10. The lowest BCUT2D eigenvalue weighted by molar-refractivity contribution is 0.229. The quantitative estimate of drug-likeness (QED) is 0.508. The number of thioether (sulfide) groups is 1. The van der Waals surface area contributed by atoms with Gasteiger partial charge in [-0.15, -0.1) is 11.8 Å². The van der Waals surface area contributed by atoms with Crippen molar-refractivity contribution in [1.82, 2.24) is 0 Å². The molecule has 9 heavy (non-hydrogen) atoms. The predicted octanol–water partition coefficient (Wildman–Crippen LogP) is 1.92. The summed E-state index contributed by atoms with van der Waals surface area (Å²) in [5.74, 6) is 0. The van der Waals surface area contributed by atoms with Crippen LogP contribution in [0.25, 0.3) is 0 Å². The highest BCUT2D eigenvalue weighted by molar-refractivity contribution is 8.03. The molecule has 0 aromatic rings. The number of allylic oxidation sites excluding steroid dienone is 1. The number of ether oxygens (including phenoxy) is 1. The average molecular weight is 140 g/mol. The van der Waals surface area contributed by atoms with Crippen molar-refractivity contribution in [3.05, 3.63) is 23.3 Å². The van der Waals surface area contributed by atoms with Gasteiger partial charge in [0, 0.05) is 10.8 Å². The van der Waals surface area contributed by atoms with E-state index in [4.69, 9.17) is 4.74 Å². The molecule has 2 rings (SSSR count). The summed E-state index contributed by atoms with van der Waals surface area (Å²) >= 11 is 1.90. The third-order valence-electron chi connectivity index (χ3n) is 1.59. The van der Waals surface area contributed by atoms with Gasteiger partial charge in [-0.05, 0) is 17.9 Å². The van der Waals surface area contributed by atoms with Crippen molar-refractivity contribution in [3.63, 3.8) is 0 Å². The minimum absolute atomic E-state index is 0.707. The molecule has 0 radical (unpaired) electrons. The fourth-order valence-electron chi connectivity index (χ4n) is 1.08. The first kappa shape index (κ1) is 5.42. The largest absolute Gasteiger partial charge is 0.501 e. The number of hydrogen-bond donors (Lipinski definition) is 0. The van der Waals surface area contributed by atoms with E-state index in [1.165, 1.54) is 12.0 Å². The van der Waals surface area contributed by atoms with Gasteiger partial charge in [-0.25, -0.2) is 0 Å². The molecule has 0 saturated heterocycles. The zero-order chi connectivity index (χ0) is 6.10. The molecule has 0 amide bonds. The minimum atomic E-state index is 0.707. The second-order valence-corrected chi connectivity index (χ2v) is 3.32. The monoisotopic (exact) mass is 140 g/mol. The molecule has 0 saturated carbocycles. The van der Waals surface area contributed by atoms with Crippen LogP contribution in [0, 0.1) is 0 Å². The van der Waals surface area contributed by atoms with Crippen LogP contribution in [0.4, 0.5) is 0 Å². The van der Waals surface area contributed by atoms with Crippen LogP contribution in [0.1, 0.15) is 6.42 Å². The Morgan fingerprint density at radius 3 is 3.56 bits per heavy atom. The van der Waals surface area contributed by atoms with E-state index in [-0.39, 0.29) is 0 Å². The molecular formula is C7H8OS. The normalized spacial score (nSPS) is 31.1. The lowest BCUT2D eigenvalue weighted by atomic mass is 10.1. The van der Waals surface area contributed by atoms with Gasteiger partial charge in [-0.1, -0.05) is 0 Å². The molecule has 0 bridgehead atoms. The first-order valence-corrected chi connectivity index (χ1v) is 4.05. The van der Waals surface area contributed by atoms with E-state index in [0.717, 1.165) is 6.61 Å². The molecule has 48 valence electrons. The predicted molar refractivity (Wildman–Crippen MR) is 39.2 cm³/mol. The summed E-state index contributed by atoms with van der Waals surface area (Å²) in [6, 6.07) is 0. The summed E-state index contributed by atoms with van der Waals surface area (Å²) in [7, 11) is 0. The number of fused-ring (bicyclic) bond motifs is 1. The van der Waals surface area contributed by atoms with E-state index < -0.39 is 0 Å². The zero-order valence-corrected chi connectivity index (χ0v) is 5.86. The second-order valence-electron chi connectivity index (χ2n) is 2.20. The van der Waals surface area contributed by atoms with Gasteiger partial charge in [0.2, 0.25) is 0 Å². The maximum Gasteiger partial charge on any atom is 0.0887 e. The molecule has 0 N–H and O–H groups in total. The van der Waals surface area contributed by atoms with Crippen LogP contribution in [-0.4, -0.2) is 11.9 Å². The summed E-state index contributed by atoms with van der Waals surface area (Å²) in [6.07, 6.45) is 5.18. The molecule has 0 spiro atoms. The lowest BCUT2D eigenvalue weighted by Gasteiger charge is -2.15. The maximum atomic E-state index is 5.16. The summed E-state index contributed by atoms with van der Waals surface area (Å²) in [5.41, 5.74) is 1.35. The Morgan fingerprint density at radius 1 is 1.67 bits per heavy atom. The van der Waals surface area contributed by atoms with Crippen molar-refractivity contribution < 1.29 is 4.74 Å². The van der Waals surface area contributed by atoms with Crippen molar-refractivity contribution in [3.8, 4) is 0 Å². The van der Waals surface area contributed by atoms with E-state index >= 15 is 0 Å². The number of hydrogen-bond acceptors (Lipinski definition) is 2. The zero-order valence-electron chi connectivity index (χ0n) is 5.04. The lowest BCUT2D eigenvalue weighted by Crippen LogP contribution is -2.10. The fourth-order valence-corrected chi connectivity index (χ4v) is 2.03. The van der Waals surface area contributed by atoms with Gasteiger partial charge in [-0.2, -0.15) is 0 Å². The third-order valence-corrected chi connectivity index (χ3v) is 2.72. The average Bonchev–Trinajstić information content (AvgIpc) is 2.33. The Balaban J connectivity index is 2.23. The van der Waals surface area contributed by atoms with Gasteiger partial charge < -0.3 is 4.74 Å². The summed E-state index contributed by atoms with van der Waals surface area (Å²) in [4.78, 5) is 0. The van der Waals surface area contributed by atoms with Gasteiger partial charge in [0.15, 0.2) is 0 Å². The van der Waals surface area contributed by atoms with Gasteiger partial charge in [-0.3, -0.25) is 0 Å². The standard InChI is InChI=1S/C7H8OS/c1-3-8-5-6-2-4-9-7(1)6/h2,4-5,7H,1,3H2. The molecule has 1 nitrogen and oxygen atoms in total. The molecule has 1 atom stereocenters. The van der Waals surface area contributed by atoms with Gasteiger partial charge in [0.25, 0.3) is 0 Å². The summed E-state index contributed by atoms with van der Waals surface area (Å²) in [5, 5.41) is 2.85. The van der Waals surface area contributed by atoms with Crippen LogP contribution in [0.3, 0.4) is 0 Å². The van der Waals surface area contributed by atoms with E-state index in [0.29, 0.717) is 5.25 Å². The molecule has 0 aromatic heterocycles. The van der Waals surface area contributed by atoms with E-state index in [1.54, 1.807) is 0 Å². The molecule has 2 heteroatoms. The van der Waals surface area contributed by atoms with Crippen molar-refractivity contribution in [2.75, 3.05) is 6.61 Å². The Kier molecular flexibility index (Phi) is 1.27. The molecule has 2 aliphatic rings. The molecule has 2 heterocycles. The molecular weight excluding hydrogens is 132 g/mol. The van der Waals surface area contributed by atoms with Crippen molar-refractivity contribution in [1.29, 1.82) is 0 Å². The third kappa shape index (κ3) is 0.874. The van der Waals surface area contributed by atoms with Crippen molar-refractivity contribution in [2.24, 2.45) is 0 Å². The van der Waals surface area contributed by atoms with E-state index in [1.807, 2.05) is 18.0 Å². The first-order valence-electron chi connectivity index (χ1n) is 3.10. The summed E-state index contributed by atoms with van der Waals surface area (Å²) in [6.45, 7) is 0.892. The van der Waals surface area contributed by atoms with Crippen molar-refractivity contribution in [2.45, 2.75) is 11.7 Å². The maximum absolute atomic E-state index is 5.16. The summed E-state index contributed by atoms with van der Waals surface area (Å²) < 4.78 is 5.16. The van der Waals surface area contributed by atoms with Crippen LogP contribution in [0.5, 0.6) is 0 Å². The molecule has 0 aromatic carbocycles. The SMILES string of the molecule is C1=CC2=COCCC2S1. The number of rotatable bonds is 0. The highest BCUT2D eigenvalue weighted by atomic mass is 32.2. The Morgan fingerprint density at radius 2 is 2.67 bits per heavy atom. The van der Waals surface area contributed by atoms with Crippen LogP contribution in [0.2, 0.25) is 0 Å². The van der Waals surface area contributed by atoms with Crippen LogP contribution in [0.15, 0.2) is 23.3 Å². The Labute approximate surface area is 58.8 Å². The molecule has 2 aliphatic heterocycles. The molecule has 0 fully saturated rings. The highest BCUT2D eigenvalue weighted by Gasteiger charge is 2.19. The minimum Gasteiger partial charge on any atom is -0.501 e.